The third-order valence-corrected chi connectivity index (χ3v) is 3.13. The maximum Gasteiger partial charge on any atom is 0.232 e. The highest BCUT2D eigenvalue weighted by molar-refractivity contribution is 9.10. The number of hydrogen-bond acceptors (Lipinski definition) is 3. The third kappa shape index (κ3) is 1.71. The molecule has 2 rings (SSSR count). The molecule has 0 aliphatic carbocycles. The molecular formula is C11H9BrNO3-. The van der Waals surface area contributed by atoms with Crippen LogP contribution in [-0.2, 0) is 16.0 Å². The second-order valence-corrected chi connectivity index (χ2v) is 4.62. The van der Waals surface area contributed by atoms with Gasteiger partial charge in [-0.3, -0.25) is 4.79 Å². The zero-order valence-corrected chi connectivity index (χ0v) is 10.2. The Balaban J connectivity index is 2.44. The molecule has 0 saturated carbocycles. The molecule has 0 unspecified atom stereocenters. The lowest BCUT2D eigenvalue weighted by molar-refractivity contribution is -0.306. The van der Waals surface area contributed by atoms with Crippen LogP contribution < -0.4 is 10.0 Å². The van der Waals surface area contributed by atoms with Crippen molar-refractivity contribution < 1.29 is 14.7 Å². The minimum atomic E-state index is -1.25. The zero-order chi connectivity index (χ0) is 11.9. The molecule has 1 heterocycles. The van der Waals surface area contributed by atoms with Gasteiger partial charge in [0.25, 0.3) is 0 Å². The summed E-state index contributed by atoms with van der Waals surface area (Å²) in [5.74, 6) is -1.45. The molecule has 0 aromatic heterocycles. The van der Waals surface area contributed by atoms with E-state index in [-0.39, 0.29) is 12.3 Å². The van der Waals surface area contributed by atoms with Gasteiger partial charge in [0.2, 0.25) is 5.91 Å². The molecule has 4 nitrogen and oxygen atoms in total. The van der Waals surface area contributed by atoms with Crippen molar-refractivity contribution in [1.29, 1.82) is 0 Å². The number of carboxylic acids is 1. The number of benzene rings is 1. The number of carboxylic acid groups (broad SMARTS) is 1. The van der Waals surface area contributed by atoms with E-state index < -0.39 is 12.0 Å². The van der Waals surface area contributed by atoms with E-state index in [0.29, 0.717) is 5.69 Å². The molecule has 0 fully saturated rings. The first-order valence-electron chi connectivity index (χ1n) is 4.82. The fraction of sp³-hybridized carbons (Fsp3) is 0.273. The average Bonchev–Trinajstić information content (AvgIpc) is 2.51. The first-order valence-corrected chi connectivity index (χ1v) is 5.61. The maximum atomic E-state index is 11.7. The van der Waals surface area contributed by atoms with Crippen LogP contribution in [0.25, 0.3) is 0 Å². The molecule has 1 atom stereocenters. The molecule has 16 heavy (non-hydrogen) atoms. The molecule has 1 aliphatic rings. The molecule has 1 aromatic carbocycles. The minimum absolute atomic E-state index is 0.204. The maximum absolute atomic E-state index is 11.7. The van der Waals surface area contributed by atoms with Gasteiger partial charge in [0, 0.05) is 10.2 Å². The number of halogens is 1. The Morgan fingerprint density at radius 3 is 2.88 bits per heavy atom. The van der Waals surface area contributed by atoms with E-state index >= 15 is 0 Å². The standard InChI is InChI=1S/C11H10BrNO3/c1-6(11(15)16)13-9-3-2-8(12)4-7(9)5-10(13)14/h2-4,6H,5H2,1H3,(H,15,16)/p-1/t6-/m1/s1. The Bertz CT molecular complexity index is 472. The number of rotatable bonds is 2. The van der Waals surface area contributed by atoms with Crippen LogP contribution in [0.5, 0.6) is 0 Å². The monoisotopic (exact) mass is 282 g/mol. The summed E-state index contributed by atoms with van der Waals surface area (Å²) < 4.78 is 0.877. The van der Waals surface area contributed by atoms with E-state index in [4.69, 9.17) is 0 Å². The highest BCUT2D eigenvalue weighted by Gasteiger charge is 2.31. The van der Waals surface area contributed by atoms with Crippen LogP contribution >= 0.6 is 15.9 Å². The predicted octanol–water partition coefficient (Wildman–Crippen LogP) is 0.477. The summed E-state index contributed by atoms with van der Waals surface area (Å²) in [5.41, 5.74) is 1.50. The topological polar surface area (TPSA) is 60.4 Å². The van der Waals surface area contributed by atoms with Gasteiger partial charge in [-0.15, -0.1) is 0 Å². The summed E-state index contributed by atoms with van der Waals surface area (Å²) >= 11 is 3.31. The molecule has 1 amide bonds. The quantitative estimate of drug-likeness (QED) is 0.793. The average molecular weight is 283 g/mol. The van der Waals surface area contributed by atoms with Gasteiger partial charge in [-0.1, -0.05) is 15.9 Å². The summed E-state index contributed by atoms with van der Waals surface area (Å²) in [7, 11) is 0. The number of amides is 1. The van der Waals surface area contributed by atoms with Crippen LogP contribution in [0, 0.1) is 0 Å². The minimum Gasteiger partial charge on any atom is -0.548 e. The summed E-state index contributed by atoms with van der Waals surface area (Å²) in [6.07, 6.45) is 0.242. The first kappa shape index (κ1) is 11.1. The Morgan fingerprint density at radius 1 is 1.56 bits per heavy atom. The van der Waals surface area contributed by atoms with Crippen molar-refractivity contribution in [3.8, 4) is 0 Å². The van der Waals surface area contributed by atoms with Crippen LogP contribution in [0.3, 0.4) is 0 Å². The smallest absolute Gasteiger partial charge is 0.232 e. The van der Waals surface area contributed by atoms with Crippen LogP contribution in [0.15, 0.2) is 22.7 Å². The van der Waals surface area contributed by atoms with Crippen molar-refractivity contribution >= 4 is 33.5 Å². The van der Waals surface area contributed by atoms with Gasteiger partial charge in [-0.2, -0.15) is 0 Å². The van der Waals surface area contributed by atoms with Crippen LogP contribution in [-0.4, -0.2) is 17.9 Å². The van der Waals surface area contributed by atoms with E-state index in [1.54, 1.807) is 12.1 Å². The fourth-order valence-electron chi connectivity index (χ4n) is 1.84. The van der Waals surface area contributed by atoms with E-state index in [9.17, 15) is 14.7 Å². The number of fused-ring (bicyclic) bond motifs is 1. The van der Waals surface area contributed by atoms with Gasteiger partial charge in [0.05, 0.1) is 18.4 Å². The lowest BCUT2D eigenvalue weighted by atomic mass is 10.2. The third-order valence-electron chi connectivity index (χ3n) is 2.64. The number of carbonyl (C=O) groups is 2. The normalized spacial score (nSPS) is 16.1. The second kappa shape index (κ2) is 3.90. The van der Waals surface area contributed by atoms with Gasteiger partial charge in [0.15, 0.2) is 0 Å². The molecule has 0 saturated heterocycles. The van der Waals surface area contributed by atoms with Gasteiger partial charge >= 0.3 is 0 Å². The van der Waals surface area contributed by atoms with Crippen molar-refractivity contribution in [3.63, 3.8) is 0 Å². The summed E-state index contributed by atoms with van der Waals surface area (Å²) in [6.45, 7) is 1.45. The predicted molar refractivity (Wildman–Crippen MR) is 59.8 cm³/mol. The molecule has 5 heteroatoms. The Morgan fingerprint density at radius 2 is 2.25 bits per heavy atom. The van der Waals surface area contributed by atoms with Gasteiger partial charge in [-0.05, 0) is 30.7 Å². The van der Waals surface area contributed by atoms with Gasteiger partial charge in [-0.25, -0.2) is 0 Å². The van der Waals surface area contributed by atoms with E-state index in [0.717, 1.165) is 10.0 Å². The number of anilines is 1. The number of nitrogens with zero attached hydrogens (tertiary/aromatic N) is 1. The highest BCUT2D eigenvalue weighted by atomic mass is 79.9. The molecule has 0 bridgehead atoms. The molecule has 1 aromatic rings. The van der Waals surface area contributed by atoms with Crippen molar-refractivity contribution in [2.75, 3.05) is 4.90 Å². The molecule has 84 valence electrons. The van der Waals surface area contributed by atoms with Crippen molar-refractivity contribution in [2.24, 2.45) is 0 Å². The summed E-state index contributed by atoms with van der Waals surface area (Å²) in [4.78, 5) is 23.8. The fourth-order valence-corrected chi connectivity index (χ4v) is 2.25. The SMILES string of the molecule is C[C@H](C(=O)[O-])N1C(=O)Cc2cc(Br)ccc21. The lowest BCUT2D eigenvalue weighted by Crippen LogP contribution is -2.47. The number of aliphatic carboxylic acids is 1. The van der Waals surface area contributed by atoms with Crippen molar-refractivity contribution in [3.05, 3.63) is 28.2 Å². The number of hydrogen-bond donors (Lipinski definition) is 0. The molecule has 1 aliphatic heterocycles. The van der Waals surface area contributed by atoms with Crippen LogP contribution in [0.4, 0.5) is 5.69 Å². The van der Waals surface area contributed by atoms with Gasteiger partial charge in [0.1, 0.15) is 0 Å². The highest BCUT2D eigenvalue weighted by Crippen LogP contribution is 2.32. The molecule has 0 radical (unpaired) electrons. The first-order chi connectivity index (χ1) is 7.50. The van der Waals surface area contributed by atoms with E-state index in [2.05, 4.69) is 15.9 Å². The largest absolute Gasteiger partial charge is 0.548 e. The van der Waals surface area contributed by atoms with Crippen molar-refractivity contribution in [2.45, 2.75) is 19.4 Å². The van der Waals surface area contributed by atoms with Gasteiger partial charge < -0.3 is 14.8 Å². The Kier molecular flexibility index (Phi) is 2.71. The Hall–Kier alpha value is -1.36. The zero-order valence-electron chi connectivity index (χ0n) is 8.57. The van der Waals surface area contributed by atoms with E-state index in [1.165, 1.54) is 11.8 Å². The number of carbonyl (C=O) groups excluding carboxylic acids is 2. The van der Waals surface area contributed by atoms with Crippen molar-refractivity contribution in [1.82, 2.24) is 0 Å². The summed E-state index contributed by atoms with van der Waals surface area (Å²) in [6, 6.07) is 4.42. The second-order valence-electron chi connectivity index (χ2n) is 3.71. The molecule has 0 N–H and O–H groups in total. The summed E-state index contributed by atoms with van der Waals surface area (Å²) in [5, 5.41) is 10.8. The molecular weight excluding hydrogens is 274 g/mol. The molecule has 0 spiro atoms. The van der Waals surface area contributed by atoms with Crippen LogP contribution in [0.1, 0.15) is 12.5 Å². The van der Waals surface area contributed by atoms with E-state index in [1.807, 2.05) is 6.07 Å². The Labute approximate surface area is 101 Å². The lowest BCUT2D eigenvalue weighted by Gasteiger charge is -2.26. The van der Waals surface area contributed by atoms with Crippen LogP contribution in [0.2, 0.25) is 0 Å².